The second kappa shape index (κ2) is 5.51. The van der Waals surface area contributed by atoms with E-state index in [1.165, 1.54) is 0 Å². The van der Waals surface area contributed by atoms with Crippen molar-refractivity contribution in [1.29, 1.82) is 0 Å². The number of rotatable bonds is 4. The molecule has 2 radical (unpaired) electrons. The molecule has 0 N–H and O–H groups in total. The number of unbranched alkanes of at least 4 members (excludes halogenated alkanes) is 1. The summed E-state index contributed by atoms with van der Waals surface area (Å²) in [7, 11) is 0. The first kappa shape index (κ1) is 9.96. The monoisotopic (exact) mass is 172 g/mol. The normalized spacial score (nSPS) is 30.5. The molecule has 12 heavy (non-hydrogen) atoms. The summed E-state index contributed by atoms with van der Waals surface area (Å²) in [4.78, 5) is 0. The zero-order valence-electron chi connectivity index (χ0n) is 7.33. The van der Waals surface area contributed by atoms with Crippen LogP contribution in [0.15, 0.2) is 0 Å². The topological polar surface area (TPSA) is 38.4 Å². The largest absolute Gasteiger partial charge is 0.376 e. The quantitative estimate of drug-likeness (QED) is 0.598. The van der Waals surface area contributed by atoms with Crippen LogP contribution in [-0.2, 0) is 14.6 Å². The molecule has 0 bridgehead atoms. The minimum Gasteiger partial charge on any atom is -0.376 e. The predicted molar refractivity (Wildman–Crippen MR) is 44.2 cm³/mol. The summed E-state index contributed by atoms with van der Waals surface area (Å²) in [6.07, 6.45) is 1.86. The molecule has 2 unspecified atom stereocenters. The lowest BCUT2D eigenvalue weighted by Gasteiger charge is -2.24. The highest BCUT2D eigenvalue weighted by molar-refractivity contribution is 4.69. The minimum atomic E-state index is -0.594. The van der Waals surface area contributed by atoms with Crippen molar-refractivity contribution in [3.05, 3.63) is 6.92 Å². The lowest BCUT2D eigenvalue weighted by molar-refractivity contribution is -0.116. The van der Waals surface area contributed by atoms with Crippen LogP contribution in [0.5, 0.6) is 0 Å². The zero-order valence-corrected chi connectivity index (χ0v) is 7.33. The van der Waals surface area contributed by atoms with Crippen LogP contribution in [0.1, 0.15) is 19.3 Å². The molecule has 0 saturated carbocycles. The smallest absolute Gasteiger partial charge is 0.119 e. The van der Waals surface area contributed by atoms with Gasteiger partial charge in [0.1, 0.15) is 6.10 Å². The molecule has 70 valence electrons. The van der Waals surface area contributed by atoms with Crippen molar-refractivity contribution >= 4 is 0 Å². The molecule has 3 heteroatoms. The highest BCUT2D eigenvalue weighted by Gasteiger charge is 2.21. The van der Waals surface area contributed by atoms with E-state index < -0.39 is 6.10 Å². The molecule has 3 nitrogen and oxygen atoms in total. The Balaban J connectivity index is 2.06. The van der Waals surface area contributed by atoms with Gasteiger partial charge >= 0.3 is 0 Å². The minimum absolute atomic E-state index is 0.0211. The Bertz CT molecular complexity index is 116. The lowest BCUT2D eigenvalue weighted by Crippen LogP contribution is -2.34. The van der Waals surface area contributed by atoms with Crippen molar-refractivity contribution in [1.82, 2.24) is 0 Å². The molecule has 0 amide bonds. The average Bonchev–Trinajstić information content (AvgIpc) is 2.05. The van der Waals surface area contributed by atoms with Gasteiger partial charge in [-0.1, -0.05) is 13.3 Å². The third kappa shape index (κ3) is 3.52. The second-order valence-corrected chi connectivity index (χ2v) is 3.10. The van der Waals surface area contributed by atoms with E-state index in [0.29, 0.717) is 26.2 Å². The average molecular weight is 172 g/mol. The fraction of sp³-hybridized carbons (Fsp3) is 0.889. The predicted octanol–water partition coefficient (Wildman–Crippen LogP) is 1.21. The first-order valence-electron chi connectivity index (χ1n) is 4.47. The third-order valence-electron chi connectivity index (χ3n) is 1.88. The molecule has 0 aromatic rings. The van der Waals surface area contributed by atoms with Crippen molar-refractivity contribution in [2.24, 2.45) is 0 Å². The van der Waals surface area contributed by atoms with Gasteiger partial charge in [-0.15, -0.1) is 0 Å². The molecular weight excluding hydrogens is 156 g/mol. The van der Waals surface area contributed by atoms with Gasteiger partial charge in [0.15, 0.2) is 0 Å². The van der Waals surface area contributed by atoms with Crippen LogP contribution in [-0.4, -0.2) is 32.0 Å². The van der Waals surface area contributed by atoms with Crippen LogP contribution in [0.25, 0.3) is 0 Å². The van der Waals surface area contributed by atoms with Gasteiger partial charge in [-0.3, -0.25) is 0 Å². The number of hydrogen-bond donors (Lipinski definition) is 0. The van der Waals surface area contributed by atoms with E-state index in [-0.39, 0.29) is 6.10 Å². The first-order valence-corrected chi connectivity index (χ1v) is 4.47. The van der Waals surface area contributed by atoms with E-state index >= 15 is 0 Å². The first-order chi connectivity index (χ1) is 5.83. The van der Waals surface area contributed by atoms with E-state index in [2.05, 4.69) is 6.92 Å². The summed E-state index contributed by atoms with van der Waals surface area (Å²) in [5, 5.41) is 11.0. The number of hydrogen-bond acceptors (Lipinski definition) is 2. The number of ether oxygens (including phenoxy) is 2. The maximum absolute atomic E-state index is 11.0. The van der Waals surface area contributed by atoms with Crippen molar-refractivity contribution in [2.45, 2.75) is 31.5 Å². The van der Waals surface area contributed by atoms with Gasteiger partial charge in [-0.2, -0.15) is 0 Å². The molecule has 2 atom stereocenters. The lowest BCUT2D eigenvalue weighted by atomic mass is 10.1. The molecule has 1 saturated heterocycles. The van der Waals surface area contributed by atoms with Gasteiger partial charge in [0.05, 0.1) is 19.3 Å². The van der Waals surface area contributed by atoms with E-state index in [1.807, 2.05) is 0 Å². The second-order valence-electron chi connectivity index (χ2n) is 3.10. The van der Waals surface area contributed by atoms with Crippen LogP contribution < -0.4 is 0 Å². The summed E-state index contributed by atoms with van der Waals surface area (Å²) >= 11 is 0. The van der Waals surface area contributed by atoms with Crippen LogP contribution in [0.3, 0.4) is 0 Å². The zero-order chi connectivity index (χ0) is 8.81. The van der Waals surface area contributed by atoms with E-state index in [9.17, 15) is 5.11 Å². The molecule has 1 fully saturated rings. The van der Waals surface area contributed by atoms with Crippen LogP contribution >= 0.6 is 0 Å². The molecule has 0 aromatic heterocycles. The molecule has 0 aromatic carbocycles. The Labute approximate surface area is 73.7 Å². The highest BCUT2D eigenvalue weighted by atomic mass is 16.5. The van der Waals surface area contributed by atoms with Crippen LogP contribution in [0.2, 0.25) is 0 Å². The Morgan fingerprint density at radius 3 is 3.00 bits per heavy atom. The summed E-state index contributed by atoms with van der Waals surface area (Å²) in [5.74, 6) is 0. The Morgan fingerprint density at radius 1 is 1.50 bits per heavy atom. The van der Waals surface area contributed by atoms with Gasteiger partial charge in [0, 0.05) is 13.0 Å². The van der Waals surface area contributed by atoms with Gasteiger partial charge in [0.25, 0.3) is 0 Å². The van der Waals surface area contributed by atoms with Gasteiger partial charge in [-0.25, -0.2) is 5.11 Å². The molecule has 1 aliphatic rings. The molecule has 1 aliphatic heterocycles. The standard InChI is InChI=1S/C9H16O3/c1-2-3-4-12-9-5-8(10)6-11-7-9/h8-9H,1-7H2. The molecule has 1 rings (SSSR count). The van der Waals surface area contributed by atoms with Crippen molar-refractivity contribution < 1.29 is 14.6 Å². The van der Waals surface area contributed by atoms with Crippen LogP contribution in [0.4, 0.5) is 0 Å². The Morgan fingerprint density at radius 2 is 2.33 bits per heavy atom. The molecule has 1 heterocycles. The van der Waals surface area contributed by atoms with E-state index in [4.69, 9.17) is 9.47 Å². The summed E-state index contributed by atoms with van der Waals surface area (Å²) in [5.41, 5.74) is 0. The van der Waals surface area contributed by atoms with Crippen molar-refractivity contribution in [3.63, 3.8) is 0 Å². The maximum Gasteiger partial charge on any atom is 0.119 e. The van der Waals surface area contributed by atoms with Crippen molar-refractivity contribution in [2.75, 3.05) is 19.8 Å². The maximum atomic E-state index is 11.0. The van der Waals surface area contributed by atoms with Gasteiger partial charge < -0.3 is 9.47 Å². The van der Waals surface area contributed by atoms with Gasteiger partial charge in [0.2, 0.25) is 0 Å². The SMILES string of the molecule is [CH2]CCCOC1COCC([O])C1. The van der Waals surface area contributed by atoms with Crippen molar-refractivity contribution in [3.8, 4) is 0 Å². The fourth-order valence-electron chi connectivity index (χ4n) is 1.23. The van der Waals surface area contributed by atoms with E-state index in [0.717, 1.165) is 12.8 Å². The fourth-order valence-corrected chi connectivity index (χ4v) is 1.23. The summed E-state index contributed by atoms with van der Waals surface area (Å²) in [6, 6.07) is 0. The summed E-state index contributed by atoms with van der Waals surface area (Å²) in [6.45, 7) is 5.33. The van der Waals surface area contributed by atoms with Gasteiger partial charge in [-0.05, 0) is 6.42 Å². The van der Waals surface area contributed by atoms with E-state index in [1.54, 1.807) is 0 Å². The Hall–Kier alpha value is -0.120. The molecule has 0 spiro atoms. The highest BCUT2D eigenvalue weighted by Crippen LogP contribution is 2.11. The molecular formula is C9H16O3. The summed E-state index contributed by atoms with van der Waals surface area (Å²) < 4.78 is 10.5. The van der Waals surface area contributed by atoms with Crippen LogP contribution in [0, 0.1) is 6.92 Å². The Kier molecular flexibility index (Phi) is 4.58. The third-order valence-corrected chi connectivity index (χ3v) is 1.88. The molecule has 0 aliphatic carbocycles.